The van der Waals surface area contributed by atoms with Crippen LogP contribution in [0.25, 0.3) is 0 Å². The molecule has 0 aromatic carbocycles. The summed E-state index contributed by atoms with van der Waals surface area (Å²) in [5, 5.41) is 10.9. The van der Waals surface area contributed by atoms with E-state index in [9.17, 15) is 4.79 Å². The molecule has 4 rings (SSSR count). The third-order valence-corrected chi connectivity index (χ3v) is 6.06. The van der Waals surface area contributed by atoms with E-state index >= 15 is 0 Å². The lowest BCUT2D eigenvalue weighted by Crippen LogP contribution is -2.66. The molecule has 2 aliphatic heterocycles. The molecule has 2 saturated heterocycles. The number of carbonyl (C=O) groups excluding carboxylic acids is 1. The SMILES string of the molecule is CN1CCC(n2cc(NC(=O)C3NCC34CCCC4)cn2)CC1. The molecule has 1 unspecified atom stereocenters. The van der Waals surface area contributed by atoms with Gasteiger partial charge in [-0.2, -0.15) is 5.10 Å². The smallest absolute Gasteiger partial charge is 0.242 e. The predicted octanol–water partition coefficient (Wildman–Crippen LogP) is 1.62. The van der Waals surface area contributed by atoms with Crippen molar-refractivity contribution in [2.45, 2.75) is 50.6 Å². The molecule has 0 bridgehead atoms. The van der Waals surface area contributed by atoms with Crippen LogP contribution in [-0.2, 0) is 4.79 Å². The topological polar surface area (TPSA) is 62.2 Å². The van der Waals surface area contributed by atoms with Crippen LogP contribution in [-0.4, -0.2) is 53.3 Å². The molecule has 23 heavy (non-hydrogen) atoms. The minimum atomic E-state index is -0.0170. The summed E-state index contributed by atoms with van der Waals surface area (Å²) in [6.45, 7) is 3.22. The van der Waals surface area contributed by atoms with Gasteiger partial charge in [-0.05, 0) is 45.8 Å². The Labute approximate surface area is 137 Å². The van der Waals surface area contributed by atoms with Gasteiger partial charge in [-0.1, -0.05) is 12.8 Å². The first-order valence-corrected chi connectivity index (χ1v) is 8.93. The van der Waals surface area contributed by atoms with Crippen molar-refractivity contribution < 1.29 is 4.79 Å². The van der Waals surface area contributed by atoms with Crippen molar-refractivity contribution in [3.8, 4) is 0 Å². The zero-order chi connectivity index (χ0) is 15.9. The van der Waals surface area contributed by atoms with Crippen molar-refractivity contribution in [2.24, 2.45) is 5.41 Å². The van der Waals surface area contributed by atoms with Gasteiger partial charge in [-0.3, -0.25) is 9.48 Å². The molecule has 1 spiro atoms. The lowest BCUT2D eigenvalue weighted by molar-refractivity contribution is -0.125. The second-order valence-corrected chi connectivity index (χ2v) is 7.62. The second kappa shape index (κ2) is 5.91. The summed E-state index contributed by atoms with van der Waals surface area (Å²) in [5.41, 5.74) is 1.06. The fourth-order valence-electron chi connectivity index (χ4n) is 4.48. The van der Waals surface area contributed by atoms with E-state index in [-0.39, 0.29) is 17.4 Å². The van der Waals surface area contributed by atoms with Crippen LogP contribution < -0.4 is 10.6 Å². The maximum absolute atomic E-state index is 12.6. The molecule has 2 N–H and O–H groups in total. The molecule has 1 aromatic rings. The van der Waals surface area contributed by atoms with Crippen molar-refractivity contribution in [2.75, 3.05) is 32.0 Å². The number of piperidine rings is 1. The number of likely N-dealkylation sites (tertiary alicyclic amines) is 1. The Morgan fingerprint density at radius 1 is 1.35 bits per heavy atom. The predicted molar refractivity (Wildman–Crippen MR) is 89.3 cm³/mol. The Morgan fingerprint density at radius 3 is 2.74 bits per heavy atom. The fourth-order valence-corrected chi connectivity index (χ4v) is 4.48. The van der Waals surface area contributed by atoms with Crippen molar-refractivity contribution >= 4 is 11.6 Å². The van der Waals surface area contributed by atoms with Crippen molar-refractivity contribution in [3.05, 3.63) is 12.4 Å². The third kappa shape index (κ3) is 2.78. The van der Waals surface area contributed by atoms with Gasteiger partial charge in [0.15, 0.2) is 0 Å². The zero-order valence-electron chi connectivity index (χ0n) is 13.9. The number of hydrogen-bond acceptors (Lipinski definition) is 4. The molecule has 1 saturated carbocycles. The zero-order valence-corrected chi connectivity index (χ0v) is 13.9. The first-order chi connectivity index (χ1) is 11.2. The number of hydrogen-bond donors (Lipinski definition) is 2. The van der Waals surface area contributed by atoms with Crippen LogP contribution in [0.5, 0.6) is 0 Å². The molecule has 3 aliphatic rings. The Kier molecular flexibility index (Phi) is 3.89. The monoisotopic (exact) mass is 317 g/mol. The van der Waals surface area contributed by atoms with Gasteiger partial charge in [-0.15, -0.1) is 0 Å². The van der Waals surface area contributed by atoms with Crippen LogP contribution in [0, 0.1) is 5.41 Å². The van der Waals surface area contributed by atoms with E-state index in [2.05, 4.69) is 27.7 Å². The van der Waals surface area contributed by atoms with Crippen LogP contribution in [0.2, 0.25) is 0 Å². The Hall–Kier alpha value is -1.40. The number of nitrogens with zero attached hydrogens (tertiary/aromatic N) is 3. The minimum absolute atomic E-state index is 0.0170. The van der Waals surface area contributed by atoms with E-state index in [1.807, 2.05) is 10.9 Å². The molecule has 0 radical (unpaired) electrons. The molecule has 6 heteroatoms. The highest BCUT2D eigenvalue weighted by molar-refractivity contribution is 5.96. The van der Waals surface area contributed by atoms with E-state index in [1.54, 1.807) is 6.20 Å². The van der Waals surface area contributed by atoms with Gasteiger partial charge >= 0.3 is 0 Å². The van der Waals surface area contributed by atoms with Crippen LogP contribution >= 0.6 is 0 Å². The quantitative estimate of drug-likeness (QED) is 0.889. The average molecular weight is 317 g/mol. The summed E-state index contributed by atoms with van der Waals surface area (Å²) in [6.07, 6.45) is 10.9. The molecule has 1 amide bonds. The van der Waals surface area contributed by atoms with Gasteiger partial charge in [0.25, 0.3) is 0 Å². The van der Waals surface area contributed by atoms with Gasteiger partial charge in [0, 0.05) is 18.2 Å². The number of nitrogens with one attached hydrogen (secondary N) is 2. The molecule has 1 aromatic heterocycles. The first-order valence-electron chi connectivity index (χ1n) is 8.93. The molecule has 1 aliphatic carbocycles. The molecule has 6 nitrogen and oxygen atoms in total. The van der Waals surface area contributed by atoms with Crippen LogP contribution in [0.15, 0.2) is 12.4 Å². The van der Waals surface area contributed by atoms with E-state index in [0.717, 1.165) is 38.2 Å². The first kappa shape index (κ1) is 15.1. The van der Waals surface area contributed by atoms with Crippen LogP contribution in [0.1, 0.15) is 44.6 Å². The van der Waals surface area contributed by atoms with Crippen LogP contribution in [0.3, 0.4) is 0 Å². The summed E-state index contributed by atoms with van der Waals surface area (Å²) in [4.78, 5) is 14.9. The maximum atomic E-state index is 12.6. The van der Waals surface area contributed by atoms with Crippen molar-refractivity contribution in [3.63, 3.8) is 0 Å². The van der Waals surface area contributed by atoms with Gasteiger partial charge < -0.3 is 15.5 Å². The molecule has 1 atom stereocenters. The Bertz CT molecular complexity index is 569. The standard InChI is InChI=1S/C17H27N5O/c1-21-8-4-14(5-9-21)22-11-13(10-19-22)20-16(23)15-17(12-18-15)6-2-3-7-17/h10-11,14-15,18H,2-9,12H2,1H3,(H,20,23). The third-order valence-electron chi connectivity index (χ3n) is 6.06. The van der Waals surface area contributed by atoms with Gasteiger partial charge in [0.05, 0.1) is 24.0 Å². The van der Waals surface area contributed by atoms with Gasteiger partial charge in [-0.25, -0.2) is 0 Å². The molecule has 3 heterocycles. The highest BCUT2D eigenvalue weighted by Crippen LogP contribution is 2.45. The molecule has 3 fully saturated rings. The van der Waals surface area contributed by atoms with Gasteiger partial charge in [0.2, 0.25) is 5.91 Å². The van der Waals surface area contributed by atoms with Crippen molar-refractivity contribution in [1.29, 1.82) is 0 Å². The number of amides is 1. The number of rotatable bonds is 3. The summed E-state index contributed by atoms with van der Waals surface area (Å²) in [5.74, 6) is 0.112. The largest absolute Gasteiger partial charge is 0.322 e. The van der Waals surface area contributed by atoms with Gasteiger partial charge in [0.1, 0.15) is 0 Å². The number of carbonyl (C=O) groups is 1. The molecular weight excluding hydrogens is 290 g/mol. The molecular formula is C17H27N5O. The second-order valence-electron chi connectivity index (χ2n) is 7.62. The Balaban J connectivity index is 1.37. The van der Waals surface area contributed by atoms with E-state index in [0.29, 0.717) is 6.04 Å². The van der Waals surface area contributed by atoms with E-state index in [1.165, 1.54) is 25.7 Å². The number of aromatic nitrogens is 2. The Morgan fingerprint density at radius 2 is 2.09 bits per heavy atom. The average Bonchev–Trinajstić information content (AvgIpc) is 3.17. The summed E-state index contributed by atoms with van der Waals surface area (Å²) >= 11 is 0. The lowest BCUT2D eigenvalue weighted by atomic mass is 9.71. The number of anilines is 1. The summed E-state index contributed by atoms with van der Waals surface area (Å²) in [7, 11) is 2.16. The minimum Gasteiger partial charge on any atom is -0.322 e. The lowest BCUT2D eigenvalue weighted by Gasteiger charge is -2.47. The highest BCUT2D eigenvalue weighted by Gasteiger charge is 2.51. The normalized spacial score (nSPS) is 28.0. The highest BCUT2D eigenvalue weighted by atomic mass is 16.2. The summed E-state index contributed by atoms with van der Waals surface area (Å²) < 4.78 is 2.03. The summed E-state index contributed by atoms with van der Waals surface area (Å²) in [6, 6.07) is 0.441. The van der Waals surface area contributed by atoms with E-state index in [4.69, 9.17) is 0 Å². The fraction of sp³-hybridized carbons (Fsp3) is 0.765. The van der Waals surface area contributed by atoms with E-state index < -0.39 is 0 Å². The van der Waals surface area contributed by atoms with Crippen LogP contribution in [0.4, 0.5) is 5.69 Å². The molecule has 126 valence electrons. The maximum Gasteiger partial charge on any atom is 0.242 e. The van der Waals surface area contributed by atoms with Crippen molar-refractivity contribution in [1.82, 2.24) is 20.0 Å².